The van der Waals surface area contributed by atoms with E-state index in [9.17, 15) is 33.7 Å². The Labute approximate surface area is 424 Å². The molecule has 1 rings (SSSR count). The summed E-state index contributed by atoms with van der Waals surface area (Å²) in [5.74, 6) is 21.2. The van der Waals surface area contributed by atoms with E-state index in [1.165, 1.54) is 94.8 Å². The zero-order valence-corrected chi connectivity index (χ0v) is 44.7. The molecule has 1 saturated carbocycles. The van der Waals surface area contributed by atoms with Gasteiger partial charge >= 0.3 is 31.7 Å². The van der Waals surface area contributed by atoms with Crippen molar-refractivity contribution in [1.29, 1.82) is 0 Å². The maximum absolute atomic E-state index is 13.0. The van der Waals surface area contributed by atoms with E-state index >= 15 is 0 Å². The molecule has 1 aliphatic rings. The summed E-state index contributed by atoms with van der Waals surface area (Å²) >= 11 is 0. The van der Waals surface area contributed by atoms with E-state index in [1.54, 1.807) is 6.92 Å². The summed E-state index contributed by atoms with van der Waals surface area (Å²) in [4.78, 5) is 61.7. The van der Waals surface area contributed by atoms with Gasteiger partial charge in [0.25, 0.3) is 0 Å². The first kappa shape index (κ1) is 64.2. The fourth-order valence-corrected chi connectivity index (χ4v) is 8.80. The number of carbonyl (C=O) groups excluding carboxylic acids is 3. The quantitative estimate of drug-likeness (QED) is 0.0257. The van der Waals surface area contributed by atoms with Crippen molar-refractivity contribution in [1.82, 2.24) is 4.90 Å². The molecule has 2 atom stereocenters. The van der Waals surface area contributed by atoms with Crippen LogP contribution in [0.15, 0.2) is 0 Å². The molecular formula is C57H92NO11P. The number of nitrogens with zero attached hydrogens (tertiary/aromatic N) is 1. The highest BCUT2D eigenvalue weighted by Gasteiger charge is 2.57. The number of unbranched alkanes of at least 4 members (excludes halogenated alkanes) is 28. The number of likely N-dealkylation sites (N-methyl/N-ethyl adjacent to an activating group) is 1. The van der Waals surface area contributed by atoms with Crippen molar-refractivity contribution >= 4 is 31.7 Å². The third-order valence-electron chi connectivity index (χ3n) is 12.4. The predicted octanol–water partition coefficient (Wildman–Crippen LogP) is 13.4. The van der Waals surface area contributed by atoms with E-state index in [2.05, 4.69) is 61.2 Å². The molecule has 0 aromatic carbocycles. The van der Waals surface area contributed by atoms with Crippen molar-refractivity contribution in [3.63, 3.8) is 0 Å². The molecule has 12 nitrogen and oxygen atoms in total. The third kappa shape index (κ3) is 37.1. The molecule has 0 aromatic rings. The normalized spacial score (nSPS) is 13.4. The van der Waals surface area contributed by atoms with Crippen LogP contribution in [0.25, 0.3) is 0 Å². The Hall–Kier alpha value is -3.77. The van der Waals surface area contributed by atoms with Crippen molar-refractivity contribution in [2.75, 3.05) is 26.3 Å². The first-order valence-corrected chi connectivity index (χ1v) is 28.9. The zero-order chi connectivity index (χ0) is 51.2. The number of rotatable bonds is 44. The van der Waals surface area contributed by atoms with E-state index < -0.39 is 63.1 Å². The molecule has 0 aliphatic heterocycles. The van der Waals surface area contributed by atoms with Gasteiger partial charge in [-0.3, -0.25) is 28.7 Å². The Bertz CT molecular complexity index is 1730. The molecule has 0 heterocycles. The summed E-state index contributed by atoms with van der Waals surface area (Å²) < 4.78 is 33.8. The molecular weight excluding hydrogens is 906 g/mol. The van der Waals surface area contributed by atoms with Gasteiger partial charge in [0.05, 0.1) is 6.54 Å². The van der Waals surface area contributed by atoms with Crippen LogP contribution >= 0.6 is 7.82 Å². The van der Waals surface area contributed by atoms with Crippen molar-refractivity contribution in [2.45, 2.75) is 264 Å². The van der Waals surface area contributed by atoms with Crippen molar-refractivity contribution in [2.24, 2.45) is 0 Å². The summed E-state index contributed by atoms with van der Waals surface area (Å²) in [5, 5.41) is 9.27. The minimum absolute atomic E-state index is 0.0956. The molecule has 0 aromatic heterocycles. The van der Waals surface area contributed by atoms with Gasteiger partial charge in [-0.1, -0.05) is 186 Å². The van der Waals surface area contributed by atoms with E-state index in [0.29, 0.717) is 12.8 Å². The maximum Gasteiger partial charge on any atom is 0.529 e. The van der Waals surface area contributed by atoms with Gasteiger partial charge in [0.2, 0.25) is 0 Å². The van der Waals surface area contributed by atoms with Gasteiger partial charge in [-0.2, -0.15) is 0 Å². The van der Waals surface area contributed by atoms with E-state index in [0.717, 1.165) is 103 Å². The minimum atomic E-state index is -5.03. The lowest BCUT2D eigenvalue weighted by atomic mass is 10.1. The van der Waals surface area contributed by atoms with Crippen LogP contribution < -0.4 is 0 Å². The zero-order valence-electron chi connectivity index (χ0n) is 43.8. The summed E-state index contributed by atoms with van der Waals surface area (Å²) in [5.41, 5.74) is -1.33. The number of phosphoric acid groups is 1. The van der Waals surface area contributed by atoms with Crippen LogP contribution in [0, 0.1) is 47.4 Å². The Balaban J connectivity index is 2.44. The van der Waals surface area contributed by atoms with Crippen molar-refractivity contribution in [3.05, 3.63) is 0 Å². The van der Waals surface area contributed by atoms with Crippen LogP contribution in [-0.4, -0.2) is 76.7 Å². The molecule has 1 aliphatic carbocycles. The van der Waals surface area contributed by atoms with Crippen molar-refractivity contribution in [3.8, 4) is 47.4 Å². The number of hydrogen-bond donors (Lipinski definition) is 2. The van der Waals surface area contributed by atoms with E-state index in [4.69, 9.17) is 18.5 Å². The third-order valence-corrected chi connectivity index (χ3v) is 13.3. The second-order valence-electron chi connectivity index (χ2n) is 18.8. The Morgan fingerprint density at radius 3 is 1.29 bits per heavy atom. The van der Waals surface area contributed by atoms with Gasteiger partial charge < -0.3 is 19.1 Å². The monoisotopic (exact) mass is 998 g/mol. The highest BCUT2D eigenvalue weighted by Crippen LogP contribution is 2.50. The molecule has 0 bridgehead atoms. The van der Waals surface area contributed by atoms with Gasteiger partial charge in [-0.05, 0) is 81.6 Å². The van der Waals surface area contributed by atoms with Crippen LogP contribution in [0.5, 0.6) is 0 Å². The highest BCUT2D eigenvalue weighted by molar-refractivity contribution is 7.48. The van der Waals surface area contributed by atoms with Gasteiger partial charge in [0.1, 0.15) is 18.8 Å². The van der Waals surface area contributed by atoms with Crippen LogP contribution in [0.4, 0.5) is 0 Å². The van der Waals surface area contributed by atoms with E-state index in [1.807, 2.05) is 0 Å². The molecule has 1 fully saturated rings. The average molecular weight is 998 g/mol. The van der Waals surface area contributed by atoms with Crippen LogP contribution in [0.3, 0.4) is 0 Å². The second-order valence-corrected chi connectivity index (χ2v) is 20.2. The molecule has 396 valence electrons. The maximum atomic E-state index is 13.0. The number of hydrogen-bond acceptors (Lipinski definition) is 10. The van der Waals surface area contributed by atoms with Crippen molar-refractivity contribution < 1.29 is 52.3 Å². The molecule has 0 saturated heterocycles. The van der Waals surface area contributed by atoms with Gasteiger partial charge in [-0.15, -0.1) is 0 Å². The summed E-state index contributed by atoms with van der Waals surface area (Å²) in [6.07, 6.45) is 34.6. The highest BCUT2D eigenvalue weighted by atomic mass is 31.2. The number of aliphatic carboxylic acids is 1. The van der Waals surface area contributed by atoms with Crippen LogP contribution in [-0.2, 0) is 42.3 Å². The summed E-state index contributed by atoms with van der Waals surface area (Å²) in [6, 6.07) is 0. The second kappa shape index (κ2) is 44.0. The lowest BCUT2D eigenvalue weighted by molar-refractivity contribution is -0.161. The van der Waals surface area contributed by atoms with Gasteiger partial charge in [0.15, 0.2) is 6.10 Å². The Morgan fingerprint density at radius 1 is 0.543 bits per heavy atom. The van der Waals surface area contributed by atoms with Gasteiger partial charge in [-0.25, -0.2) is 9.36 Å². The number of carbonyl (C=O) groups is 4. The Kier molecular flexibility index (Phi) is 40.4. The molecule has 0 spiro atoms. The lowest BCUT2D eigenvalue weighted by Gasteiger charge is -2.28. The average Bonchev–Trinajstić information content (AvgIpc) is 4.15. The molecule has 2 N–H and O–H groups in total. The number of carboxylic acids is 1. The number of carboxylic acid groups (broad SMARTS) is 1. The number of ether oxygens (including phenoxy) is 2. The standard InChI is InChI=1S/C57H92NO11P/c1-4-7-9-11-13-15-17-19-21-23-25-27-29-31-33-35-37-39-41-43-45-54(61)66-50-52(51-67-70(64,65)69-56(63)57(47-48-57)58(6-3)49-53(59)60)68-55(62)46-44-42-40-38-36-34-32-30-28-26-24-22-20-18-16-14-12-10-8-5-2/h52H,4-22,31-51H2,1-3H3,(H,59,60)(H,64,65)/t52-/m1/s1. The first-order chi connectivity index (χ1) is 34.0. The first-order valence-electron chi connectivity index (χ1n) is 27.4. The van der Waals surface area contributed by atoms with Crippen LogP contribution in [0.2, 0.25) is 0 Å². The fraction of sp³-hybridized carbons (Fsp3) is 0.789. The van der Waals surface area contributed by atoms with Crippen LogP contribution in [0.1, 0.15) is 252 Å². The van der Waals surface area contributed by atoms with E-state index in [-0.39, 0.29) is 32.2 Å². The fourth-order valence-electron chi connectivity index (χ4n) is 8.01. The molecule has 1 unspecified atom stereocenters. The minimum Gasteiger partial charge on any atom is -0.480 e. The largest absolute Gasteiger partial charge is 0.529 e. The summed E-state index contributed by atoms with van der Waals surface area (Å²) in [6.45, 7) is 4.83. The molecule has 13 heteroatoms. The SMILES string of the molecule is CCCCCCCCCCC#CC#CCCCCCCCCC(=O)OC[C@H](COP(=O)(O)OC(=O)C1(N(CC)CC(=O)O)CC1)OC(=O)CCCCCCCCC#CC#CCCCCCCCCCC. The predicted molar refractivity (Wildman–Crippen MR) is 279 cm³/mol. The smallest absolute Gasteiger partial charge is 0.480 e. The topological polar surface area (TPSA) is 166 Å². The molecule has 0 radical (unpaired) electrons. The number of phosphoric ester groups is 1. The Morgan fingerprint density at radius 2 is 0.914 bits per heavy atom. The van der Waals surface area contributed by atoms with Gasteiger partial charge in [0, 0.05) is 38.5 Å². The molecule has 0 amide bonds. The summed E-state index contributed by atoms with van der Waals surface area (Å²) in [7, 11) is -5.03. The molecule has 70 heavy (non-hydrogen) atoms. The number of esters is 2. The lowest BCUT2D eigenvalue weighted by Crippen LogP contribution is -2.46.